The van der Waals surface area contributed by atoms with Gasteiger partial charge in [0.2, 0.25) is 5.91 Å². The van der Waals surface area contributed by atoms with Crippen molar-refractivity contribution in [2.45, 2.75) is 251 Å². The van der Waals surface area contributed by atoms with Crippen LogP contribution in [0, 0.1) is 0 Å². The van der Waals surface area contributed by atoms with E-state index in [4.69, 9.17) is 4.74 Å². The Morgan fingerprint density at radius 3 is 1.44 bits per heavy atom. The second-order valence-electron chi connectivity index (χ2n) is 17.2. The Kier molecular flexibility index (Phi) is 46.7. The second-order valence-corrected chi connectivity index (χ2v) is 17.2. The molecular weight excluding hydrogens is 767 g/mol. The van der Waals surface area contributed by atoms with Crippen LogP contribution < -0.4 is 5.32 Å². The molecule has 62 heavy (non-hydrogen) atoms. The summed E-state index contributed by atoms with van der Waals surface area (Å²) in [5, 5.41) is 23.7. The maximum absolute atomic E-state index is 13.2. The minimum absolute atomic E-state index is 0.0540. The monoisotopic (exact) mass is 864 g/mol. The lowest BCUT2D eigenvalue weighted by atomic mass is 10.0. The summed E-state index contributed by atoms with van der Waals surface area (Å²) in [7, 11) is 0. The van der Waals surface area contributed by atoms with Crippen molar-refractivity contribution in [1.82, 2.24) is 5.32 Å². The first-order valence-corrected chi connectivity index (χ1v) is 25.8. The minimum atomic E-state index is -0.824. The van der Waals surface area contributed by atoms with E-state index in [1.807, 2.05) is 6.08 Å². The van der Waals surface area contributed by atoms with E-state index >= 15 is 0 Å². The van der Waals surface area contributed by atoms with Crippen molar-refractivity contribution in [2.24, 2.45) is 0 Å². The van der Waals surface area contributed by atoms with Gasteiger partial charge >= 0.3 is 5.97 Å². The molecule has 0 aromatic heterocycles. The van der Waals surface area contributed by atoms with Crippen molar-refractivity contribution < 1.29 is 24.5 Å². The lowest BCUT2D eigenvalue weighted by molar-refractivity contribution is -0.148. The number of hydrogen-bond donors (Lipinski definition) is 3. The zero-order valence-electron chi connectivity index (χ0n) is 40.5. The molecule has 0 saturated carbocycles. The number of unbranched alkanes of at least 4 members (excludes halogenated alkanes) is 22. The van der Waals surface area contributed by atoms with Crippen LogP contribution in [-0.4, -0.2) is 46.9 Å². The second kappa shape index (κ2) is 49.1. The first-order valence-electron chi connectivity index (χ1n) is 25.8. The molecule has 0 bridgehead atoms. The number of ether oxygens (including phenoxy) is 1. The first-order chi connectivity index (χ1) is 30.5. The van der Waals surface area contributed by atoms with Gasteiger partial charge in [-0.2, -0.15) is 0 Å². The Morgan fingerprint density at radius 2 is 0.935 bits per heavy atom. The molecule has 0 aliphatic rings. The summed E-state index contributed by atoms with van der Waals surface area (Å²) < 4.78 is 5.82. The SMILES string of the molecule is CC/C=C/C/C=C/C/C=C/C/C=C/C/C=C/C(CC(=O)NC(CO)C(O)CCCCCCCCCCCCCCCC)OC(=O)CCCCCCCC/C=C/C=C/CCCCC. The molecule has 0 heterocycles. The normalized spacial score (nSPS) is 14.0. The number of esters is 1. The van der Waals surface area contributed by atoms with Crippen LogP contribution in [0.3, 0.4) is 0 Å². The van der Waals surface area contributed by atoms with E-state index in [1.165, 1.54) is 109 Å². The van der Waals surface area contributed by atoms with E-state index in [0.29, 0.717) is 19.3 Å². The maximum atomic E-state index is 13.2. The number of nitrogens with one attached hydrogen (secondary N) is 1. The number of aliphatic hydroxyl groups is 2. The first kappa shape index (κ1) is 59.0. The maximum Gasteiger partial charge on any atom is 0.306 e. The molecule has 0 aromatic rings. The van der Waals surface area contributed by atoms with E-state index in [9.17, 15) is 19.8 Å². The molecular formula is C56H97NO5. The summed E-state index contributed by atoms with van der Waals surface area (Å²) >= 11 is 0. The Bertz CT molecular complexity index is 1200. The fourth-order valence-corrected chi connectivity index (χ4v) is 7.32. The van der Waals surface area contributed by atoms with Crippen molar-refractivity contribution in [1.29, 1.82) is 0 Å². The standard InChI is InChI=1S/C56H97NO5/c1-4-7-10-13-16-19-22-25-28-31-34-37-40-43-46-49-56(61)62-52(47-44-41-38-35-32-29-26-23-20-17-14-11-8-5-2)50-55(60)57-53(51-58)54(59)48-45-42-39-36-33-30-27-24-21-18-15-12-9-6-3/h8,11,16-17,19-20,22,25-26,29,35,38,44,47,52-54,58-59H,4-7,9-10,12-15,18,21,23-24,27-28,30-34,36-37,39-43,45-46,48-51H2,1-3H3,(H,57,60)/b11-8+,19-16+,20-17+,25-22+,29-26+,38-35+,47-44+. The van der Waals surface area contributed by atoms with Gasteiger partial charge in [-0.05, 0) is 76.7 Å². The lowest BCUT2D eigenvalue weighted by Crippen LogP contribution is -2.46. The molecule has 6 heteroatoms. The quantitative estimate of drug-likeness (QED) is 0.0245. The van der Waals surface area contributed by atoms with Crippen molar-refractivity contribution in [3.8, 4) is 0 Å². The fourth-order valence-electron chi connectivity index (χ4n) is 7.32. The number of rotatable bonds is 45. The molecule has 356 valence electrons. The van der Waals surface area contributed by atoms with Crippen molar-refractivity contribution >= 4 is 11.9 Å². The number of aliphatic hydroxyl groups excluding tert-OH is 2. The molecule has 0 fully saturated rings. The Hall–Kier alpha value is -2.96. The zero-order chi connectivity index (χ0) is 45.2. The molecule has 6 nitrogen and oxygen atoms in total. The highest BCUT2D eigenvalue weighted by atomic mass is 16.5. The molecule has 0 aliphatic heterocycles. The Labute approximate surface area is 383 Å². The van der Waals surface area contributed by atoms with Gasteiger partial charge in [0, 0.05) is 6.42 Å². The van der Waals surface area contributed by atoms with Gasteiger partial charge < -0.3 is 20.3 Å². The smallest absolute Gasteiger partial charge is 0.306 e. The van der Waals surface area contributed by atoms with E-state index in [2.05, 4.69) is 99.0 Å². The molecule has 0 aromatic carbocycles. The average Bonchev–Trinajstić information content (AvgIpc) is 3.26. The fraction of sp³-hybridized carbons (Fsp3) is 0.714. The molecule has 0 aliphatic carbocycles. The van der Waals surface area contributed by atoms with Crippen LogP contribution in [0.4, 0.5) is 0 Å². The van der Waals surface area contributed by atoms with Crippen molar-refractivity contribution in [3.63, 3.8) is 0 Å². The van der Waals surface area contributed by atoms with E-state index in [-0.39, 0.29) is 24.9 Å². The summed E-state index contributed by atoms with van der Waals surface area (Å²) in [5.41, 5.74) is 0. The summed E-state index contributed by atoms with van der Waals surface area (Å²) in [4.78, 5) is 26.1. The largest absolute Gasteiger partial charge is 0.458 e. The lowest BCUT2D eigenvalue weighted by Gasteiger charge is -2.23. The number of amides is 1. The third-order valence-electron chi connectivity index (χ3n) is 11.2. The molecule has 3 N–H and O–H groups in total. The van der Waals surface area contributed by atoms with Crippen LogP contribution in [0.5, 0.6) is 0 Å². The predicted octanol–water partition coefficient (Wildman–Crippen LogP) is 15.6. The van der Waals surface area contributed by atoms with E-state index < -0.39 is 18.2 Å². The van der Waals surface area contributed by atoms with Crippen LogP contribution in [0.15, 0.2) is 85.1 Å². The van der Waals surface area contributed by atoms with Crippen molar-refractivity contribution in [2.75, 3.05) is 6.61 Å². The van der Waals surface area contributed by atoms with E-state index in [1.54, 1.807) is 6.08 Å². The molecule has 3 atom stereocenters. The van der Waals surface area contributed by atoms with Gasteiger partial charge in [-0.25, -0.2) is 0 Å². The highest BCUT2D eigenvalue weighted by Crippen LogP contribution is 2.16. The number of allylic oxidation sites excluding steroid dienone is 13. The van der Waals surface area contributed by atoms with Crippen molar-refractivity contribution in [3.05, 3.63) is 85.1 Å². The van der Waals surface area contributed by atoms with Crippen LogP contribution in [0.25, 0.3) is 0 Å². The number of carbonyl (C=O) groups is 2. The third kappa shape index (κ3) is 43.7. The number of hydrogen-bond acceptors (Lipinski definition) is 5. The molecule has 0 radical (unpaired) electrons. The highest BCUT2D eigenvalue weighted by Gasteiger charge is 2.23. The molecule has 0 saturated heterocycles. The summed E-state index contributed by atoms with van der Waals surface area (Å²) in [6, 6.07) is -0.748. The van der Waals surface area contributed by atoms with Crippen LogP contribution in [0.2, 0.25) is 0 Å². The van der Waals surface area contributed by atoms with Gasteiger partial charge in [0.1, 0.15) is 6.10 Å². The van der Waals surface area contributed by atoms with Crippen LogP contribution in [0.1, 0.15) is 233 Å². The van der Waals surface area contributed by atoms with Crippen LogP contribution in [-0.2, 0) is 14.3 Å². The molecule has 0 rings (SSSR count). The van der Waals surface area contributed by atoms with Gasteiger partial charge in [0.25, 0.3) is 0 Å². The average molecular weight is 864 g/mol. The van der Waals surface area contributed by atoms with E-state index in [0.717, 1.165) is 77.0 Å². The zero-order valence-corrected chi connectivity index (χ0v) is 40.5. The molecule has 0 spiro atoms. The highest BCUT2D eigenvalue weighted by molar-refractivity contribution is 5.78. The van der Waals surface area contributed by atoms with Crippen LogP contribution >= 0.6 is 0 Å². The van der Waals surface area contributed by atoms with Gasteiger partial charge in [0.05, 0.1) is 25.2 Å². The van der Waals surface area contributed by atoms with Gasteiger partial charge in [0.15, 0.2) is 0 Å². The summed E-state index contributed by atoms with van der Waals surface area (Å²) in [6.45, 7) is 6.30. The predicted molar refractivity (Wildman–Crippen MR) is 268 cm³/mol. The number of carbonyl (C=O) groups excluding carboxylic acids is 2. The Balaban J connectivity index is 4.74. The van der Waals surface area contributed by atoms with Gasteiger partial charge in [-0.3, -0.25) is 9.59 Å². The van der Waals surface area contributed by atoms with Gasteiger partial charge in [-0.1, -0.05) is 228 Å². The summed E-state index contributed by atoms with van der Waals surface area (Å²) in [5.74, 6) is -0.645. The third-order valence-corrected chi connectivity index (χ3v) is 11.2. The molecule has 3 unspecified atom stereocenters. The minimum Gasteiger partial charge on any atom is -0.458 e. The topological polar surface area (TPSA) is 95.9 Å². The molecule has 1 amide bonds. The summed E-state index contributed by atoms with van der Waals surface area (Å²) in [6.07, 6.45) is 63.8. The Morgan fingerprint density at radius 1 is 0.516 bits per heavy atom. The van der Waals surface area contributed by atoms with Gasteiger partial charge in [-0.15, -0.1) is 0 Å².